The van der Waals surface area contributed by atoms with E-state index in [9.17, 15) is 0 Å². The summed E-state index contributed by atoms with van der Waals surface area (Å²) in [5, 5.41) is 7.43. The number of hydrogen-bond donors (Lipinski definition) is 2. The van der Waals surface area contributed by atoms with Gasteiger partial charge in [0.1, 0.15) is 28.8 Å². The third-order valence-electron chi connectivity index (χ3n) is 4.53. The third-order valence-corrected chi connectivity index (χ3v) is 4.53. The van der Waals surface area contributed by atoms with Crippen LogP contribution in [0.4, 0.5) is 0 Å². The molecule has 0 aliphatic heterocycles. The number of imidazole rings is 1. The molecule has 0 amide bonds. The van der Waals surface area contributed by atoms with Gasteiger partial charge in [-0.1, -0.05) is 38.8 Å². The fourth-order valence-electron chi connectivity index (χ4n) is 2.76. The predicted molar refractivity (Wildman–Crippen MR) is 124 cm³/mol. The second kappa shape index (κ2) is 11.3. The van der Waals surface area contributed by atoms with E-state index in [0.29, 0.717) is 41.9 Å². The number of amidine groups is 1. The maximum atomic E-state index is 6.15. The molecule has 0 aromatic carbocycles. The molecule has 0 aliphatic rings. The Bertz CT molecular complexity index is 993. The molecular weight excluding hydrogens is 394 g/mol. The van der Waals surface area contributed by atoms with Crippen molar-refractivity contribution in [1.82, 2.24) is 14.5 Å². The second-order valence-corrected chi connectivity index (χ2v) is 7.90. The van der Waals surface area contributed by atoms with Gasteiger partial charge in [0.2, 0.25) is 0 Å². The van der Waals surface area contributed by atoms with E-state index in [1.54, 1.807) is 13.1 Å². The van der Waals surface area contributed by atoms with Crippen LogP contribution in [0.1, 0.15) is 59.5 Å². The van der Waals surface area contributed by atoms with Gasteiger partial charge in [0, 0.05) is 18.5 Å². The molecule has 168 valence electrons. The van der Waals surface area contributed by atoms with Crippen molar-refractivity contribution < 1.29 is 9.68 Å². The minimum absolute atomic E-state index is 0.0714. The SMILES string of the molecule is CCn1c(/C=N/O/N=C(\C)N)nc2c(C#CC(C)C)ncc(OCC[C@@H](N)C(C)C)c21. The maximum absolute atomic E-state index is 6.15. The van der Waals surface area contributed by atoms with Crippen molar-refractivity contribution in [3.63, 3.8) is 0 Å². The minimum Gasteiger partial charge on any atom is -0.490 e. The van der Waals surface area contributed by atoms with Gasteiger partial charge in [-0.05, 0) is 37.3 Å². The smallest absolute Gasteiger partial charge is 0.163 e. The van der Waals surface area contributed by atoms with Crippen LogP contribution in [0.15, 0.2) is 16.5 Å². The summed E-state index contributed by atoms with van der Waals surface area (Å²) in [5.41, 5.74) is 13.7. The van der Waals surface area contributed by atoms with Gasteiger partial charge in [-0.25, -0.2) is 14.9 Å². The molecule has 2 aromatic rings. The van der Waals surface area contributed by atoms with E-state index >= 15 is 0 Å². The highest BCUT2D eigenvalue weighted by atomic mass is 16.8. The lowest BCUT2D eigenvalue weighted by Crippen LogP contribution is -2.28. The first-order chi connectivity index (χ1) is 14.7. The number of nitrogens with two attached hydrogens (primary N) is 2. The summed E-state index contributed by atoms with van der Waals surface area (Å²) >= 11 is 0. The van der Waals surface area contributed by atoms with E-state index in [-0.39, 0.29) is 17.8 Å². The molecule has 31 heavy (non-hydrogen) atoms. The van der Waals surface area contributed by atoms with E-state index in [4.69, 9.17) is 26.1 Å². The molecule has 2 rings (SSSR count). The molecule has 0 fully saturated rings. The van der Waals surface area contributed by atoms with Crippen molar-refractivity contribution in [2.24, 2.45) is 33.6 Å². The van der Waals surface area contributed by atoms with Crippen molar-refractivity contribution in [1.29, 1.82) is 0 Å². The van der Waals surface area contributed by atoms with Gasteiger partial charge in [-0.15, -0.1) is 0 Å². The van der Waals surface area contributed by atoms with Crippen LogP contribution in [0.5, 0.6) is 5.75 Å². The molecule has 0 unspecified atom stereocenters. The molecule has 9 heteroatoms. The van der Waals surface area contributed by atoms with Gasteiger partial charge in [0.25, 0.3) is 0 Å². The predicted octanol–water partition coefficient (Wildman–Crippen LogP) is 2.85. The average molecular weight is 428 g/mol. The van der Waals surface area contributed by atoms with Crippen molar-refractivity contribution in [2.75, 3.05) is 6.61 Å². The molecule has 9 nitrogen and oxygen atoms in total. The summed E-state index contributed by atoms with van der Waals surface area (Å²) in [5.74, 6) is 8.35. The van der Waals surface area contributed by atoms with Crippen molar-refractivity contribution in [3.05, 3.63) is 17.7 Å². The summed E-state index contributed by atoms with van der Waals surface area (Å²) in [6.07, 6.45) is 3.92. The van der Waals surface area contributed by atoms with Crippen LogP contribution in [0.2, 0.25) is 0 Å². The summed E-state index contributed by atoms with van der Waals surface area (Å²) < 4.78 is 8.04. The number of fused-ring (bicyclic) bond motifs is 1. The van der Waals surface area contributed by atoms with E-state index in [1.807, 2.05) is 25.3 Å². The van der Waals surface area contributed by atoms with E-state index in [0.717, 1.165) is 11.9 Å². The number of rotatable bonds is 9. The molecule has 0 aliphatic carbocycles. The van der Waals surface area contributed by atoms with Crippen molar-refractivity contribution in [3.8, 4) is 17.6 Å². The fourth-order valence-corrected chi connectivity index (χ4v) is 2.76. The van der Waals surface area contributed by atoms with Crippen molar-refractivity contribution in [2.45, 2.75) is 60.5 Å². The van der Waals surface area contributed by atoms with Crippen LogP contribution in [-0.2, 0) is 11.5 Å². The summed E-state index contributed by atoms with van der Waals surface area (Å²) in [6.45, 7) is 13.0. The molecule has 2 heterocycles. The van der Waals surface area contributed by atoms with Gasteiger partial charge in [0.05, 0.1) is 12.8 Å². The zero-order valence-corrected chi connectivity index (χ0v) is 19.2. The van der Waals surface area contributed by atoms with Crippen LogP contribution in [0.25, 0.3) is 11.0 Å². The molecule has 2 aromatic heterocycles. The van der Waals surface area contributed by atoms with Crippen LogP contribution >= 0.6 is 0 Å². The number of nitrogens with zero attached hydrogens (tertiary/aromatic N) is 5. The molecule has 0 radical (unpaired) electrons. The minimum atomic E-state index is 0.0714. The summed E-state index contributed by atoms with van der Waals surface area (Å²) in [7, 11) is 0. The van der Waals surface area contributed by atoms with Crippen molar-refractivity contribution >= 4 is 23.1 Å². The standard InChI is InChI=1S/C22H33N7O2/c1-7-29-20(13-26-31-28-16(6)23)27-21-18(9-8-14(2)3)25-12-19(22(21)29)30-11-10-17(24)15(4)5/h12-15,17H,7,10-11,24H2,1-6H3,(H2,23,28)/b26-13+/t17-/m1/s1. The second-order valence-electron chi connectivity index (χ2n) is 7.90. The fraction of sp³-hybridized carbons (Fsp3) is 0.545. The van der Waals surface area contributed by atoms with Crippen LogP contribution < -0.4 is 16.2 Å². The zero-order chi connectivity index (χ0) is 23.0. The summed E-state index contributed by atoms with van der Waals surface area (Å²) in [6, 6.07) is 0.0714. The number of oxime groups is 2. The third kappa shape index (κ3) is 6.69. The highest BCUT2D eigenvalue weighted by molar-refractivity contribution is 5.91. The lowest BCUT2D eigenvalue weighted by Gasteiger charge is -2.16. The summed E-state index contributed by atoms with van der Waals surface area (Å²) in [4.78, 5) is 14.0. The van der Waals surface area contributed by atoms with E-state index in [1.165, 1.54) is 6.21 Å². The average Bonchev–Trinajstić information content (AvgIpc) is 3.08. The van der Waals surface area contributed by atoms with Crippen LogP contribution in [0, 0.1) is 23.7 Å². The number of ether oxygens (including phenoxy) is 1. The lowest BCUT2D eigenvalue weighted by molar-refractivity contribution is 0.156. The first-order valence-electron chi connectivity index (χ1n) is 10.5. The van der Waals surface area contributed by atoms with Gasteiger partial charge in [-0.2, -0.15) is 0 Å². The first kappa shape index (κ1) is 24.2. The number of pyridine rings is 1. The van der Waals surface area contributed by atoms with Gasteiger partial charge < -0.3 is 20.8 Å². The van der Waals surface area contributed by atoms with Gasteiger partial charge in [-0.3, -0.25) is 0 Å². The molecule has 4 N–H and O–H groups in total. The Kier molecular flexibility index (Phi) is 8.82. The number of aromatic nitrogens is 3. The molecule has 0 saturated heterocycles. The Morgan fingerprint density at radius 3 is 2.68 bits per heavy atom. The van der Waals surface area contributed by atoms with E-state index in [2.05, 4.69) is 41.0 Å². The first-order valence-corrected chi connectivity index (χ1v) is 10.5. The normalized spacial score (nSPS) is 13.1. The molecule has 0 spiro atoms. The lowest BCUT2D eigenvalue weighted by atomic mass is 10.0. The van der Waals surface area contributed by atoms with Gasteiger partial charge >= 0.3 is 0 Å². The molecule has 0 bridgehead atoms. The van der Waals surface area contributed by atoms with Crippen LogP contribution in [0.3, 0.4) is 0 Å². The maximum Gasteiger partial charge on any atom is 0.163 e. The quantitative estimate of drug-likeness (QED) is 0.274. The Morgan fingerprint density at radius 2 is 2.06 bits per heavy atom. The van der Waals surface area contributed by atoms with Gasteiger partial charge in [0.15, 0.2) is 11.6 Å². The Morgan fingerprint density at radius 1 is 1.32 bits per heavy atom. The number of hydrogen-bond acceptors (Lipinski definition) is 7. The molecule has 0 saturated carbocycles. The molecular formula is C22H33N7O2. The number of aryl methyl sites for hydroxylation is 1. The van der Waals surface area contributed by atoms with E-state index < -0.39 is 0 Å². The largest absolute Gasteiger partial charge is 0.490 e. The Balaban J connectivity index is 2.48. The highest BCUT2D eigenvalue weighted by Crippen LogP contribution is 2.28. The molecule has 1 atom stereocenters. The zero-order valence-electron chi connectivity index (χ0n) is 19.2. The topological polar surface area (TPSA) is 126 Å². The highest BCUT2D eigenvalue weighted by Gasteiger charge is 2.18. The monoisotopic (exact) mass is 427 g/mol. The van der Waals surface area contributed by atoms with Crippen LogP contribution in [-0.4, -0.2) is 39.2 Å². The Labute approximate surface area is 183 Å². The Hall–Kier alpha value is -3.12.